The lowest BCUT2D eigenvalue weighted by Gasteiger charge is -2.30. The number of benzene rings is 1. The van der Waals surface area contributed by atoms with Crippen molar-refractivity contribution in [3.8, 4) is 0 Å². The smallest absolute Gasteiger partial charge is 0.241 e. The summed E-state index contributed by atoms with van der Waals surface area (Å²) in [5, 5.41) is 0.268. The quantitative estimate of drug-likeness (QED) is 0.836. The highest BCUT2D eigenvalue weighted by Gasteiger charge is 2.29. The summed E-state index contributed by atoms with van der Waals surface area (Å²) in [6.07, 6.45) is 5.93. The standard InChI is InChI=1S/C13H19FN2O2S2/c1-19-13-5-3-2-4-12(13)16-20(17,18)11-7-9(14)6-10(15)8-11/h6-8,12-13,16H,2-5,15H2,1H3. The molecule has 0 aromatic heterocycles. The van der Waals surface area contributed by atoms with Crippen LogP contribution < -0.4 is 10.5 Å². The third-order valence-electron chi connectivity index (χ3n) is 3.52. The third kappa shape index (κ3) is 3.65. The second-order valence-electron chi connectivity index (χ2n) is 5.01. The van der Waals surface area contributed by atoms with Gasteiger partial charge in [-0.15, -0.1) is 0 Å². The van der Waals surface area contributed by atoms with Crippen molar-refractivity contribution in [1.29, 1.82) is 0 Å². The molecule has 4 nitrogen and oxygen atoms in total. The number of anilines is 1. The van der Waals surface area contributed by atoms with Gasteiger partial charge >= 0.3 is 0 Å². The van der Waals surface area contributed by atoms with Crippen LogP contribution in [0.2, 0.25) is 0 Å². The van der Waals surface area contributed by atoms with Crippen molar-refractivity contribution in [3.63, 3.8) is 0 Å². The van der Waals surface area contributed by atoms with Gasteiger partial charge in [-0.2, -0.15) is 11.8 Å². The maximum absolute atomic E-state index is 13.3. The van der Waals surface area contributed by atoms with Crippen LogP contribution in [0.4, 0.5) is 10.1 Å². The Morgan fingerprint density at radius 1 is 1.30 bits per heavy atom. The minimum atomic E-state index is -3.73. The van der Waals surface area contributed by atoms with E-state index in [4.69, 9.17) is 5.73 Å². The zero-order chi connectivity index (χ0) is 14.8. The van der Waals surface area contributed by atoms with E-state index in [2.05, 4.69) is 4.72 Å². The van der Waals surface area contributed by atoms with Gasteiger partial charge in [-0.05, 0) is 37.3 Å². The van der Waals surface area contributed by atoms with Crippen LogP contribution in [0.3, 0.4) is 0 Å². The van der Waals surface area contributed by atoms with Gasteiger partial charge in [-0.3, -0.25) is 0 Å². The Balaban J connectivity index is 2.21. The van der Waals surface area contributed by atoms with E-state index in [-0.39, 0.29) is 21.9 Å². The Kier molecular flexibility index (Phi) is 4.93. The van der Waals surface area contributed by atoms with Crippen LogP contribution in [0.1, 0.15) is 25.7 Å². The average Bonchev–Trinajstić information content (AvgIpc) is 2.38. The van der Waals surface area contributed by atoms with Crippen molar-refractivity contribution in [2.24, 2.45) is 0 Å². The van der Waals surface area contributed by atoms with Gasteiger partial charge in [-0.1, -0.05) is 12.8 Å². The molecule has 0 amide bonds. The summed E-state index contributed by atoms with van der Waals surface area (Å²) in [4.78, 5) is -0.111. The molecule has 2 rings (SSSR count). The van der Waals surface area contributed by atoms with E-state index in [1.807, 2.05) is 6.26 Å². The van der Waals surface area contributed by atoms with Gasteiger partial charge in [0, 0.05) is 17.0 Å². The van der Waals surface area contributed by atoms with Crippen LogP contribution in [0.5, 0.6) is 0 Å². The van der Waals surface area contributed by atoms with Gasteiger partial charge < -0.3 is 5.73 Å². The van der Waals surface area contributed by atoms with Gasteiger partial charge in [0.1, 0.15) is 5.82 Å². The van der Waals surface area contributed by atoms with Gasteiger partial charge in [0.15, 0.2) is 0 Å². The number of nitrogens with two attached hydrogens (primary N) is 1. The highest BCUT2D eigenvalue weighted by Crippen LogP contribution is 2.28. The van der Waals surface area contributed by atoms with Crippen LogP contribution in [0, 0.1) is 5.82 Å². The maximum atomic E-state index is 13.3. The number of hydrogen-bond acceptors (Lipinski definition) is 4. The molecule has 1 saturated carbocycles. The van der Waals surface area contributed by atoms with E-state index in [9.17, 15) is 12.8 Å². The first-order valence-corrected chi connectivity index (χ1v) is 9.30. The highest BCUT2D eigenvalue weighted by atomic mass is 32.2. The molecular formula is C13H19FN2O2S2. The molecule has 0 aliphatic heterocycles. The summed E-state index contributed by atoms with van der Waals surface area (Å²) >= 11 is 1.67. The van der Waals surface area contributed by atoms with Crippen molar-refractivity contribution >= 4 is 27.5 Å². The predicted octanol–water partition coefficient (Wildman–Crippen LogP) is 2.36. The van der Waals surface area contributed by atoms with E-state index < -0.39 is 15.8 Å². The molecule has 2 unspecified atom stereocenters. The molecule has 3 N–H and O–H groups in total. The van der Waals surface area contributed by atoms with E-state index in [0.29, 0.717) is 0 Å². The van der Waals surface area contributed by atoms with Gasteiger partial charge in [0.05, 0.1) is 4.90 Å². The summed E-state index contributed by atoms with van der Waals surface area (Å²) in [5.74, 6) is -0.643. The van der Waals surface area contributed by atoms with Crippen LogP contribution >= 0.6 is 11.8 Å². The third-order valence-corrected chi connectivity index (χ3v) is 6.15. The number of hydrogen-bond donors (Lipinski definition) is 2. The second-order valence-corrected chi connectivity index (χ2v) is 7.80. The second kappa shape index (κ2) is 6.32. The zero-order valence-corrected chi connectivity index (χ0v) is 12.9. The summed E-state index contributed by atoms with van der Waals surface area (Å²) in [6.45, 7) is 0. The minimum Gasteiger partial charge on any atom is -0.399 e. The molecule has 0 spiro atoms. The fourth-order valence-corrected chi connectivity index (χ4v) is 4.92. The first-order chi connectivity index (χ1) is 9.42. The maximum Gasteiger partial charge on any atom is 0.241 e. The molecule has 1 fully saturated rings. The molecule has 1 aliphatic rings. The average molecular weight is 318 g/mol. The Hall–Kier alpha value is -0.790. The molecule has 7 heteroatoms. The van der Waals surface area contributed by atoms with Crippen LogP contribution in [-0.4, -0.2) is 26.0 Å². The Labute approximate surface area is 123 Å². The number of rotatable bonds is 4. The Morgan fingerprint density at radius 2 is 2.00 bits per heavy atom. The van der Waals surface area contributed by atoms with Crippen molar-refractivity contribution in [3.05, 3.63) is 24.0 Å². The number of sulfonamides is 1. The lowest BCUT2D eigenvalue weighted by Crippen LogP contribution is -2.43. The van der Waals surface area contributed by atoms with E-state index in [1.165, 1.54) is 6.07 Å². The fourth-order valence-electron chi connectivity index (χ4n) is 2.52. The van der Waals surface area contributed by atoms with Crippen molar-refractivity contribution in [2.75, 3.05) is 12.0 Å². The molecule has 1 aliphatic carbocycles. The molecule has 0 bridgehead atoms. The van der Waals surface area contributed by atoms with Crippen LogP contribution in [0.15, 0.2) is 23.1 Å². The normalized spacial score (nSPS) is 23.7. The van der Waals surface area contributed by atoms with Crippen molar-refractivity contribution < 1.29 is 12.8 Å². The predicted molar refractivity (Wildman–Crippen MR) is 80.7 cm³/mol. The number of nitrogens with one attached hydrogen (secondary N) is 1. The monoisotopic (exact) mass is 318 g/mol. The lowest BCUT2D eigenvalue weighted by atomic mass is 9.96. The van der Waals surface area contributed by atoms with Crippen LogP contribution in [-0.2, 0) is 10.0 Å². The van der Waals surface area contributed by atoms with E-state index in [1.54, 1.807) is 11.8 Å². The number of thioether (sulfide) groups is 1. The highest BCUT2D eigenvalue weighted by molar-refractivity contribution is 7.99. The van der Waals surface area contributed by atoms with Gasteiger partial charge in [0.25, 0.3) is 0 Å². The van der Waals surface area contributed by atoms with E-state index >= 15 is 0 Å². The molecule has 1 aromatic carbocycles. The molecule has 0 saturated heterocycles. The molecule has 20 heavy (non-hydrogen) atoms. The molecule has 0 radical (unpaired) electrons. The van der Waals surface area contributed by atoms with Gasteiger partial charge in [0.2, 0.25) is 10.0 Å². The first-order valence-electron chi connectivity index (χ1n) is 6.53. The first kappa shape index (κ1) is 15.6. The zero-order valence-electron chi connectivity index (χ0n) is 11.3. The van der Waals surface area contributed by atoms with Crippen molar-refractivity contribution in [2.45, 2.75) is 41.9 Å². The number of nitrogen functional groups attached to an aromatic ring is 1. The van der Waals surface area contributed by atoms with Crippen LogP contribution in [0.25, 0.3) is 0 Å². The Bertz CT molecular complexity index is 557. The molecule has 2 atom stereocenters. The SMILES string of the molecule is CSC1CCCCC1NS(=O)(=O)c1cc(N)cc(F)c1. The number of halogens is 1. The summed E-state index contributed by atoms with van der Waals surface area (Å²) < 4.78 is 40.6. The van der Waals surface area contributed by atoms with Crippen molar-refractivity contribution in [1.82, 2.24) is 4.72 Å². The summed E-state index contributed by atoms with van der Waals surface area (Å²) in [7, 11) is -3.73. The largest absolute Gasteiger partial charge is 0.399 e. The molecule has 112 valence electrons. The lowest BCUT2D eigenvalue weighted by molar-refractivity contribution is 0.423. The Morgan fingerprint density at radius 3 is 2.65 bits per heavy atom. The fraction of sp³-hybridized carbons (Fsp3) is 0.538. The topological polar surface area (TPSA) is 72.2 Å². The molecule has 0 heterocycles. The summed E-state index contributed by atoms with van der Waals surface area (Å²) in [6, 6.07) is 3.27. The molecular weight excluding hydrogens is 299 g/mol. The molecule has 1 aromatic rings. The minimum absolute atomic E-state index is 0.103. The van der Waals surface area contributed by atoms with Gasteiger partial charge in [-0.25, -0.2) is 17.5 Å². The van der Waals surface area contributed by atoms with E-state index in [0.717, 1.165) is 37.8 Å². The summed E-state index contributed by atoms with van der Waals surface area (Å²) in [5.41, 5.74) is 5.61.